The molecule has 0 aliphatic heterocycles. The number of nitrogens with two attached hydrogens (primary N) is 2. The predicted octanol–water partition coefficient (Wildman–Crippen LogP) is 2.12. The van der Waals surface area contributed by atoms with Gasteiger partial charge in [-0.3, -0.25) is 4.79 Å². The number of pyridine rings is 1. The van der Waals surface area contributed by atoms with Gasteiger partial charge in [0.1, 0.15) is 17.2 Å². The molecule has 0 bridgehead atoms. The number of benzene rings is 1. The van der Waals surface area contributed by atoms with Crippen LogP contribution in [-0.2, 0) is 9.53 Å². The molecular weight excluding hydrogens is 328 g/mol. The van der Waals surface area contributed by atoms with E-state index in [0.717, 1.165) is 0 Å². The molecule has 0 radical (unpaired) electrons. The lowest BCUT2D eigenvalue weighted by atomic mass is 10.3. The lowest BCUT2D eigenvalue weighted by molar-refractivity contribution is -0.114. The van der Waals surface area contributed by atoms with Gasteiger partial charge in [-0.1, -0.05) is 12.1 Å². The number of amides is 1. The van der Waals surface area contributed by atoms with Crippen molar-refractivity contribution in [3.8, 4) is 5.75 Å². The number of aromatic nitrogens is 1. The van der Waals surface area contributed by atoms with Crippen molar-refractivity contribution in [1.82, 2.24) is 4.98 Å². The lowest BCUT2D eigenvalue weighted by Crippen LogP contribution is -2.22. The Labute approximate surface area is 142 Å². The first-order valence-electron chi connectivity index (χ1n) is 7.06. The molecule has 0 fully saturated rings. The van der Waals surface area contributed by atoms with Gasteiger partial charge < -0.3 is 26.3 Å². The van der Waals surface area contributed by atoms with E-state index >= 15 is 0 Å². The number of para-hydroxylation sites is 1. The first-order chi connectivity index (χ1) is 12.0. The number of hydrogen-bond donors (Lipinski definition) is 3. The van der Waals surface area contributed by atoms with E-state index in [4.69, 9.17) is 16.2 Å². The molecular formula is C15H16N6O4. The molecule has 1 aromatic heterocycles. The number of azo groups is 1. The van der Waals surface area contributed by atoms with Gasteiger partial charge in [0.2, 0.25) is 5.91 Å². The Kier molecular flexibility index (Phi) is 5.96. The van der Waals surface area contributed by atoms with Gasteiger partial charge in [-0.25, -0.2) is 9.78 Å². The summed E-state index contributed by atoms with van der Waals surface area (Å²) in [6.45, 7) is -0.167. The molecule has 2 aromatic rings. The SMILES string of the molecule is COC(=O)Oc1ccccc1/N=N/c1ccc(NC(=O)CN)nc1N. The molecule has 0 aliphatic rings. The molecule has 5 N–H and O–H groups in total. The fraction of sp³-hybridized carbons (Fsp3) is 0.133. The zero-order valence-electron chi connectivity index (χ0n) is 13.3. The van der Waals surface area contributed by atoms with Crippen LogP contribution in [0.2, 0.25) is 0 Å². The zero-order chi connectivity index (χ0) is 18.2. The number of nitrogens with zero attached hydrogens (tertiary/aromatic N) is 3. The van der Waals surface area contributed by atoms with Gasteiger partial charge in [-0.2, -0.15) is 0 Å². The molecule has 0 unspecified atom stereocenters. The van der Waals surface area contributed by atoms with E-state index in [1.807, 2.05) is 0 Å². The number of carbonyl (C=O) groups is 2. The second-order valence-electron chi connectivity index (χ2n) is 4.58. The topological polar surface area (TPSA) is 154 Å². The lowest BCUT2D eigenvalue weighted by Gasteiger charge is -2.06. The highest BCUT2D eigenvalue weighted by molar-refractivity contribution is 5.91. The normalized spacial score (nSPS) is 10.5. The van der Waals surface area contributed by atoms with Crippen LogP contribution < -0.4 is 21.5 Å². The third kappa shape index (κ3) is 4.97. The van der Waals surface area contributed by atoms with Crippen LogP contribution >= 0.6 is 0 Å². The van der Waals surface area contributed by atoms with Crippen LogP contribution in [0.5, 0.6) is 5.75 Å². The molecule has 1 amide bonds. The van der Waals surface area contributed by atoms with Crippen molar-refractivity contribution in [2.24, 2.45) is 16.0 Å². The van der Waals surface area contributed by atoms with Gasteiger partial charge in [0, 0.05) is 0 Å². The summed E-state index contributed by atoms with van der Waals surface area (Å²) in [6.07, 6.45) is -0.871. The maximum atomic E-state index is 11.2. The molecule has 0 aliphatic carbocycles. The number of anilines is 2. The van der Waals surface area contributed by atoms with Crippen molar-refractivity contribution in [3.63, 3.8) is 0 Å². The molecule has 0 atom stereocenters. The van der Waals surface area contributed by atoms with E-state index in [1.165, 1.54) is 19.2 Å². The first kappa shape index (κ1) is 17.8. The predicted molar refractivity (Wildman–Crippen MR) is 90.0 cm³/mol. The Morgan fingerprint density at radius 2 is 1.88 bits per heavy atom. The Bertz CT molecular complexity index is 808. The standard InChI is InChI=1S/C15H16N6O4/c1-24-15(23)25-11-5-3-2-4-9(11)20-21-10-6-7-12(19-14(10)17)18-13(22)8-16/h2-7H,8,16H2,1H3,(H3,17,18,19,22)/b21-20+. The monoisotopic (exact) mass is 344 g/mol. The summed E-state index contributed by atoms with van der Waals surface area (Å²) in [5.41, 5.74) is 11.6. The van der Waals surface area contributed by atoms with Crippen molar-refractivity contribution < 1.29 is 19.1 Å². The van der Waals surface area contributed by atoms with Crippen LogP contribution in [-0.4, -0.2) is 30.7 Å². The number of rotatable bonds is 5. The highest BCUT2D eigenvalue weighted by Crippen LogP contribution is 2.30. The molecule has 130 valence electrons. The van der Waals surface area contributed by atoms with Crippen LogP contribution in [0.1, 0.15) is 0 Å². The molecule has 0 saturated carbocycles. The summed E-state index contributed by atoms with van der Waals surface area (Å²) >= 11 is 0. The largest absolute Gasteiger partial charge is 0.513 e. The quantitative estimate of drug-likeness (QED) is 0.426. The third-order valence-electron chi connectivity index (χ3n) is 2.85. The van der Waals surface area contributed by atoms with Crippen LogP contribution in [0.25, 0.3) is 0 Å². The minimum absolute atomic E-state index is 0.0601. The molecule has 1 heterocycles. The van der Waals surface area contributed by atoms with E-state index in [-0.39, 0.29) is 29.6 Å². The second-order valence-corrected chi connectivity index (χ2v) is 4.58. The highest BCUT2D eigenvalue weighted by atomic mass is 16.7. The Hall–Kier alpha value is -3.53. The molecule has 25 heavy (non-hydrogen) atoms. The van der Waals surface area contributed by atoms with Gasteiger partial charge in [0.05, 0.1) is 13.7 Å². The average Bonchev–Trinajstić information content (AvgIpc) is 2.62. The van der Waals surface area contributed by atoms with Crippen molar-refractivity contribution >= 4 is 35.1 Å². The van der Waals surface area contributed by atoms with Crippen molar-refractivity contribution in [2.45, 2.75) is 0 Å². The van der Waals surface area contributed by atoms with Gasteiger partial charge in [-0.05, 0) is 24.3 Å². The molecule has 10 nitrogen and oxygen atoms in total. The number of methoxy groups -OCH3 is 1. The number of nitrogen functional groups attached to an aromatic ring is 1. The second kappa shape index (κ2) is 8.36. The van der Waals surface area contributed by atoms with Crippen LogP contribution in [0.4, 0.5) is 27.8 Å². The smallest absolute Gasteiger partial charge is 0.437 e. The summed E-state index contributed by atoms with van der Waals surface area (Å²) in [4.78, 5) is 26.4. The van der Waals surface area contributed by atoms with E-state index in [1.54, 1.807) is 24.3 Å². The molecule has 0 spiro atoms. The fourth-order valence-electron chi connectivity index (χ4n) is 1.68. The molecule has 1 aromatic carbocycles. The number of nitrogens with one attached hydrogen (secondary N) is 1. The van der Waals surface area contributed by atoms with E-state index < -0.39 is 12.1 Å². The summed E-state index contributed by atoms with van der Waals surface area (Å²) in [5, 5.41) is 10.4. The van der Waals surface area contributed by atoms with E-state index in [0.29, 0.717) is 5.69 Å². The third-order valence-corrected chi connectivity index (χ3v) is 2.85. The van der Waals surface area contributed by atoms with Crippen LogP contribution in [0.15, 0.2) is 46.6 Å². The number of ether oxygens (including phenoxy) is 2. The van der Waals surface area contributed by atoms with E-state index in [2.05, 4.69) is 25.3 Å². The Morgan fingerprint density at radius 3 is 2.56 bits per heavy atom. The summed E-state index contributed by atoms with van der Waals surface area (Å²) < 4.78 is 9.41. The minimum Gasteiger partial charge on any atom is -0.437 e. The van der Waals surface area contributed by atoms with Crippen LogP contribution in [0, 0.1) is 0 Å². The number of hydrogen-bond acceptors (Lipinski definition) is 9. The van der Waals surface area contributed by atoms with Crippen molar-refractivity contribution in [1.29, 1.82) is 0 Å². The average molecular weight is 344 g/mol. The minimum atomic E-state index is -0.871. The zero-order valence-corrected chi connectivity index (χ0v) is 13.3. The number of carbonyl (C=O) groups excluding carboxylic acids is 2. The Balaban J connectivity index is 2.19. The van der Waals surface area contributed by atoms with Crippen molar-refractivity contribution in [3.05, 3.63) is 36.4 Å². The van der Waals surface area contributed by atoms with E-state index in [9.17, 15) is 9.59 Å². The highest BCUT2D eigenvalue weighted by Gasteiger charge is 2.09. The van der Waals surface area contributed by atoms with Gasteiger partial charge >= 0.3 is 6.16 Å². The molecule has 0 saturated heterocycles. The van der Waals surface area contributed by atoms with Crippen LogP contribution in [0.3, 0.4) is 0 Å². The summed E-state index contributed by atoms with van der Waals surface area (Å²) in [6, 6.07) is 9.55. The summed E-state index contributed by atoms with van der Waals surface area (Å²) in [7, 11) is 1.20. The summed E-state index contributed by atoms with van der Waals surface area (Å²) in [5.74, 6) is 0.0953. The maximum absolute atomic E-state index is 11.2. The molecule has 2 rings (SSSR count). The van der Waals surface area contributed by atoms with Gasteiger partial charge in [-0.15, -0.1) is 10.2 Å². The first-order valence-corrected chi connectivity index (χ1v) is 7.06. The fourth-order valence-corrected chi connectivity index (χ4v) is 1.68. The van der Waals surface area contributed by atoms with Gasteiger partial charge in [0.15, 0.2) is 11.6 Å². The maximum Gasteiger partial charge on any atom is 0.513 e. The Morgan fingerprint density at radius 1 is 1.16 bits per heavy atom. The molecule has 10 heteroatoms. The van der Waals surface area contributed by atoms with Crippen molar-refractivity contribution in [2.75, 3.05) is 24.7 Å². The van der Waals surface area contributed by atoms with Gasteiger partial charge in [0.25, 0.3) is 0 Å².